The minimum Gasteiger partial charge on any atom is -0.394 e. The molecule has 5 nitrogen and oxygen atoms in total. The lowest BCUT2D eigenvalue weighted by molar-refractivity contribution is 0.168. The lowest BCUT2D eigenvalue weighted by Crippen LogP contribution is -2.48. The average Bonchev–Trinajstić information content (AvgIpc) is 3.26. The molecule has 170 valence electrons. The molecule has 0 spiro atoms. The van der Waals surface area contributed by atoms with E-state index in [1.54, 1.807) is 23.1 Å². The van der Waals surface area contributed by atoms with Gasteiger partial charge in [-0.05, 0) is 60.0 Å². The first kappa shape index (κ1) is 21.4. The van der Waals surface area contributed by atoms with Gasteiger partial charge in [-0.1, -0.05) is 24.3 Å². The molecular formula is C26H25F2N3O2. The maximum atomic E-state index is 14.5. The van der Waals surface area contributed by atoms with E-state index in [-0.39, 0.29) is 42.3 Å². The quantitative estimate of drug-likeness (QED) is 0.589. The van der Waals surface area contributed by atoms with Crippen molar-refractivity contribution in [1.29, 1.82) is 0 Å². The number of aliphatic hydroxyl groups excluding tert-OH is 1. The normalized spacial score (nSPS) is 21.5. The predicted octanol–water partition coefficient (Wildman–Crippen LogP) is 5.04. The Labute approximate surface area is 191 Å². The summed E-state index contributed by atoms with van der Waals surface area (Å²) in [5, 5.41) is 13.0. The van der Waals surface area contributed by atoms with Gasteiger partial charge in [-0.15, -0.1) is 0 Å². The molecule has 0 bridgehead atoms. The van der Waals surface area contributed by atoms with Crippen molar-refractivity contribution in [1.82, 2.24) is 4.90 Å². The van der Waals surface area contributed by atoms with Crippen LogP contribution in [0.5, 0.6) is 0 Å². The molecule has 5 rings (SSSR count). The van der Waals surface area contributed by atoms with Crippen LogP contribution in [0.15, 0.2) is 66.7 Å². The number of fused-ring (bicyclic) bond motifs is 3. The van der Waals surface area contributed by atoms with E-state index in [9.17, 15) is 18.7 Å². The molecule has 0 aliphatic carbocycles. The number of nitrogens with one attached hydrogen (secondary N) is 1. The van der Waals surface area contributed by atoms with E-state index in [1.807, 2.05) is 25.2 Å². The van der Waals surface area contributed by atoms with E-state index in [0.29, 0.717) is 17.8 Å². The third-order valence-electron chi connectivity index (χ3n) is 6.89. The second-order valence-electron chi connectivity index (χ2n) is 8.64. The van der Waals surface area contributed by atoms with E-state index < -0.39 is 0 Å². The van der Waals surface area contributed by atoms with Gasteiger partial charge in [0, 0.05) is 36.4 Å². The number of halogens is 2. The van der Waals surface area contributed by atoms with Gasteiger partial charge in [0.25, 0.3) is 0 Å². The number of likely N-dealkylation sites (N-methyl/N-ethyl adjacent to an activating group) is 1. The highest BCUT2D eigenvalue weighted by Gasteiger charge is 2.47. The second kappa shape index (κ2) is 8.48. The molecule has 1 fully saturated rings. The number of anilines is 2. The summed E-state index contributed by atoms with van der Waals surface area (Å²) in [4.78, 5) is 17.1. The van der Waals surface area contributed by atoms with Gasteiger partial charge < -0.3 is 20.2 Å². The van der Waals surface area contributed by atoms with Crippen LogP contribution in [0.25, 0.3) is 11.1 Å². The molecule has 2 N–H and O–H groups in total. The topological polar surface area (TPSA) is 55.8 Å². The summed E-state index contributed by atoms with van der Waals surface area (Å²) in [6.07, 6.45) is 0.737. The first-order valence-electron chi connectivity index (χ1n) is 11.0. The summed E-state index contributed by atoms with van der Waals surface area (Å²) in [6.45, 7) is 0.496. The van der Waals surface area contributed by atoms with Gasteiger partial charge >= 0.3 is 6.03 Å². The Hall–Kier alpha value is -3.45. The number of urea groups is 1. The molecular weight excluding hydrogens is 424 g/mol. The molecule has 2 amide bonds. The third kappa shape index (κ3) is 3.72. The SMILES string of the molecule is CN1c2ccc(-c3ccccc3F)cc2[C@@H]2[C@@H](CCN2C(=O)Nc2ccc(F)cc2)[C@H]1CO. The number of benzene rings is 3. The largest absolute Gasteiger partial charge is 0.394 e. The second-order valence-corrected chi connectivity index (χ2v) is 8.64. The molecule has 33 heavy (non-hydrogen) atoms. The van der Waals surface area contributed by atoms with Gasteiger partial charge in [0.05, 0.1) is 18.7 Å². The molecule has 2 aliphatic rings. The van der Waals surface area contributed by atoms with Crippen LogP contribution >= 0.6 is 0 Å². The Kier molecular flexibility index (Phi) is 5.50. The van der Waals surface area contributed by atoms with Crippen molar-refractivity contribution in [2.75, 3.05) is 30.4 Å². The highest BCUT2D eigenvalue weighted by atomic mass is 19.1. The Morgan fingerprint density at radius 2 is 1.85 bits per heavy atom. The molecule has 3 aromatic carbocycles. The maximum Gasteiger partial charge on any atom is 0.322 e. The number of hydrogen-bond acceptors (Lipinski definition) is 3. The zero-order valence-electron chi connectivity index (χ0n) is 18.2. The number of amides is 2. The summed E-state index contributed by atoms with van der Waals surface area (Å²) >= 11 is 0. The minimum atomic E-state index is -0.370. The van der Waals surface area contributed by atoms with Crippen LogP contribution in [0.3, 0.4) is 0 Å². The Morgan fingerprint density at radius 1 is 1.09 bits per heavy atom. The number of rotatable bonds is 3. The molecule has 3 atom stereocenters. The number of aliphatic hydroxyl groups is 1. The van der Waals surface area contributed by atoms with Crippen molar-refractivity contribution in [2.24, 2.45) is 5.92 Å². The molecule has 0 radical (unpaired) electrons. The van der Waals surface area contributed by atoms with E-state index in [0.717, 1.165) is 23.2 Å². The van der Waals surface area contributed by atoms with Gasteiger partial charge in [-0.3, -0.25) is 0 Å². The van der Waals surface area contributed by atoms with E-state index in [2.05, 4.69) is 10.2 Å². The predicted molar refractivity (Wildman–Crippen MR) is 124 cm³/mol. The van der Waals surface area contributed by atoms with Crippen LogP contribution in [0.1, 0.15) is 18.0 Å². The zero-order chi connectivity index (χ0) is 23.1. The van der Waals surface area contributed by atoms with E-state index >= 15 is 0 Å². The number of nitrogens with zero attached hydrogens (tertiary/aromatic N) is 2. The van der Waals surface area contributed by atoms with Crippen LogP contribution in [0.2, 0.25) is 0 Å². The molecule has 2 aliphatic heterocycles. The fraction of sp³-hybridized carbons (Fsp3) is 0.269. The summed E-state index contributed by atoms with van der Waals surface area (Å²) < 4.78 is 27.8. The summed E-state index contributed by atoms with van der Waals surface area (Å²) in [6, 6.07) is 17.4. The minimum absolute atomic E-state index is 0.0282. The molecule has 0 unspecified atom stereocenters. The fourth-order valence-corrected chi connectivity index (χ4v) is 5.27. The molecule has 2 heterocycles. The Morgan fingerprint density at radius 3 is 2.58 bits per heavy atom. The summed E-state index contributed by atoms with van der Waals surface area (Å²) in [5.74, 6) is -0.643. The molecule has 7 heteroatoms. The van der Waals surface area contributed by atoms with Crippen molar-refractivity contribution in [2.45, 2.75) is 18.5 Å². The lowest BCUT2D eigenvalue weighted by Gasteiger charge is -2.44. The fourth-order valence-electron chi connectivity index (χ4n) is 5.27. The Bertz CT molecular complexity index is 1180. The smallest absolute Gasteiger partial charge is 0.322 e. The van der Waals surface area contributed by atoms with Crippen molar-refractivity contribution >= 4 is 17.4 Å². The number of carbonyl (C=O) groups excluding carboxylic acids is 1. The molecule has 0 aromatic heterocycles. The molecule has 1 saturated heterocycles. The summed E-state index contributed by atoms with van der Waals surface area (Å²) in [7, 11) is 1.94. The van der Waals surface area contributed by atoms with Gasteiger partial charge in [0.1, 0.15) is 11.6 Å². The number of carbonyl (C=O) groups is 1. The summed E-state index contributed by atoms with van der Waals surface area (Å²) in [5.41, 5.74) is 3.60. The van der Waals surface area contributed by atoms with Crippen LogP contribution < -0.4 is 10.2 Å². The average molecular weight is 450 g/mol. The standard InChI is InChI=1S/C26H25F2N3O2/c1-30-23-11-6-16(19-4-2-3-5-22(19)28)14-21(23)25-20(24(30)15-32)12-13-31(25)26(33)29-18-9-7-17(27)8-10-18/h2-11,14,20,24-25,32H,12-13,15H2,1H3,(H,29,33)/t20-,24+,25-/m0/s1. The number of likely N-dealkylation sites (tertiary alicyclic amines) is 1. The van der Waals surface area contributed by atoms with Gasteiger partial charge in [0.15, 0.2) is 0 Å². The van der Waals surface area contributed by atoms with Gasteiger partial charge in [0.2, 0.25) is 0 Å². The lowest BCUT2D eigenvalue weighted by atomic mass is 9.81. The van der Waals surface area contributed by atoms with Gasteiger partial charge in [-0.2, -0.15) is 0 Å². The van der Waals surface area contributed by atoms with E-state index in [4.69, 9.17) is 0 Å². The van der Waals surface area contributed by atoms with Crippen LogP contribution in [-0.2, 0) is 0 Å². The Balaban J connectivity index is 1.54. The van der Waals surface area contributed by atoms with Crippen molar-refractivity contribution in [3.05, 3.63) is 83.9 Å². The van der Waals surface area contributed by atoms with Crippen molar-refractivity contribution in [3.63, 3.8) is 0 Å². The zero-order valence-corrected chi connectivity index (χ0v) is 18.2. The van der Waals surface area contributed by atoms with Crippen molar-refractivity contribution in [3.8, 4) is 11.1 Å². The van der Waals surface area contributed by atoms with Crippen molar-refractivity contribution < 1.29 is 18.7 Å². The van der Waals surface area contributed by atoms with E-state index in [1.165, 1.54) is 30.3 Å². The highest BCUT2D eigenvalue weighted by Crippen LogP contribution is 2.49. The third-order valence-corrected chi connectivity index (χ3v) is 6.89. The van der Waals surface area contributed by atoms with Gasteiger partial charge in [-0.25, -0.2) is 13.6 Å². The molecule has 0 saturated carbocycles. The van der Waals surface area contributed by atoms with Crippen LogP contribution in [0, 0.1) is 17.6 Å². The van der Waals surface area contributed by atoms with Crippen LogP contribution in [0.4, 0.5) is 25.0 Å². The first-order chi connectivity index (χ1) is 16.0. The monoisotopic (exact) mass is 449 g/mol. The highest BCUT2D eigenvalue weighted by molar-refractivity contribution is 5.90. The number of hydrogen-bond donors (Lipinski definition) is 2. The first-order valence-corrected chi connectivity index (χ1v) is 11.0. The molecule has 3 aromatic rings. The van der Waals surface area contributed by atoms with Crippen LogP contribution in [-0.4, -0.2) is 42.3 Å². The maximum absolute atomic E-state index is 14.5.